The minimum atomic E-state index is -0.663. The first-order valence-electron chi connectivity index (χ1n) is 5.36. The van der Waals surface area contributed by atoms with Gasteiger partial charge in [-0.15, -0.1) is 0 Å². The lowest BCUT2D eigenvalue weighted by Gasteiger charge is -2.13. The molecule has 0 bridgehead atoms. The van der Waals surface area contributed by atoms with Crippen molar-refractivity contribution < 1.29 is 14.9 Å². The van der Waals surface area contributed by atoms with Gasteiger partial charge in [0.2, 0.25) is 0 Å². The maximum absolute atomic E-state index is 9.68. The van der Waals surface area contributed by atoms with Crippen LogP contribution in [0.5, 0.6) is 0 Å². The molecule has 1 aliphatic heterocycles. The molecule has 2 N–H and O–H groups in total. The van der Waals surface area contributed by atoms with E-state index in [2.05, 4.69) is 15.0 Å². The summed E-state index contributed by atoms with van der Waals surface area (Å²) >= 11 is 0. The minimum Gasteiger partial charge on any atom is -0.394 e. The van der Waals surface area contributed by atoms with Gasteiger partial charge >= 0.3 is 0 Å². The summed E-state index contributed by atoms with van der Waals surface area (Å²) in [6.07, 6.45) is 3.53. The third-order valence-electron chi connectivity index (χ3n) is 2.93. The van der Waals surface area contributed by atoms with Crippen LogP contribution < -0.4 is 0 Å². The number of aromatic nitrogens is 4. The first-order chi connectivity index (χ1) is 8.29. The van der Waals surface area contributed by atoms with Crippen molar-refractivity contribution in [2.24, 2.45) is 0 Å². The zero-order valence-corrected chi connectivity index (χ0v) is 8.97. The van der Waals surface area contributed by atoms with Crippen molar-refractivity contribution in [3.05, 3.63) is 18.9 Å². The summed E-state index contributed by atoms with van der Waals surface area (Å²) in [5.74, 6) is 0. The van der Waals surface area contributed by atoms with Crippen molar-refractivity contribution in [3.63, 3.8) is 0 Å². The van der Waals surface area contributed by atoms with Crippen molar-refractivity contribution >= 4 is 11.2 Å². The van der Waals surface area contributed by atoms with Crippen LogP contribution in [0.15, 0.2) is 18.9 Å². The molecule has 3 atom stereocenters. The summed E-state index contributed by atoms with van der Waals surface area (Å²) in [6, 6.07) is 0. The molecule has 7 heteroatoms. The average Bonchev–Trinajstić information content (AvgIpc) is 2.92. The number of fused-ring (bicyclic) bond motifs is 1. The Morgan fingerprint density at radius 1 is 1.47 bits per heavy atom. The smallest absolute Gasteiger partial charge is 0.165 e. The highest BCUT2D eigenvalue weighted by molar-refractivity contribution is 5.68. The molecule has 2 aromatic heterocycles. The van der Waals surface area contributed by atoms with Crippen molar-refractivity contribution in [2.75, 3.05) is 6.61 Å². The number of rotatable bonds is 2. The molecule has 0 aromatic carbocycles. The van der Waals surface area contributed by atoms with Gasteiger partial charge in [-0.3, -0.25) is 4.57 Å². The summed E-state index contributed by atoms with van der Waals surface area (Å²) in [5.41, 5.74) is 1.34. The Hall–Kier alpha value is -1.57. The number of aliphatic hydroxyl groups excluding tert-OH is 2. The largest absolute Gasteiger partial charge is 0.394 e. The van der Waals surface area contributed by atoms with Gasteiger partial charge in [-0.05, 0) is 0 Å². The summed E-state index contributed by atoms with van der Waals surface area (Å²) < 4.78 is 7.28. The lowest BCUT2D eigenvalue weighted by atomic mass is 10.2. The topological polar surface area (TPSA) is 93.3 Å². The molecule has 7 nitrogen and oxygen atoms in total. The van der Waals surface area contributed by atoms with Gasteiger partial charge in [-0.25, -0.2) is 15.0 Å². The molecular formula is C10H12N4O3. The second-order valence-corrected chi connectivity index (χ2v) is 4.00. The molecule has 3 heterocycles. The van der Waals surface area contributed by atoms with Crippen LogP contribution in [0.1, 0.15) is 12.6 Å². The Kier molecular flexibility index (Phi) is 2.50. The molecule has 1 saturated heterocycles. The molecule has 17 heavy (non-hydrogen) atoms. The highest BCUT2D eigenvalue weighted by Crippen LogP contribution is 2.30. The normalized spacial score (nSPS) is 28.9. The molecule has 1 unspecified atom stereocenters. The van der Waals surface area contributed by atoms with Crippen LogP contribution in [-0.2, 0) is 4.74 Å². The fraction of sp³-hybridized carbons (Fsp3) is 0.500. The van der Waals surface area contributed by atoms with E-state index in [9.17, 15) is 5.11 Å². The third kappa shape index (κ3) is 1.68. The predicted molar refractivity (Wildman–Crippen MR) is 56.9 cm³/mol. The van der Waals surface area contributed by atoms with E-state index in [1.807, 2.05) is 0 Å². The van der Waals surface area contributed by atoms with Crippen molar-refractivity contribution in [3.8, 4) is 0 Å². The quantitative estimate of drug-likeness (QED) is 0.728. The van der Waals surface area contributed by atoms with E-state index in [0.29, 0.717) is 17.6 Å². The van der Waals surface area contributed by atoms with Crippen LogP contribution in [0.25, 0.3) is 11.2 Å². The standard InChI is InChI=1S/C10H12N4O3/c15-3-8-7(16)1-9(17-8)14-5-13-6-2-11-4-12-10(6)14/h2,4-5,7-9,15-16H,1,3H2/t7-,8+,9?/m0/s1. The number of aliphatic hydroxyl groups is 2. The van der Waals surface area contributed by atoms with Gasteiger partial charge in [0.25, 0.3) is 0 Å². The lowest BCUT2D eigenvalue weighted by Crippen LogP contribution is -2.24. The van der Waals surface area contributed by atoms with Gasteiger partial charge in [0.05, 0.1) is 25.2 Å². The molecule has 90 valence electrons. The van der Waals surface area contributed by atoms with Crippen LogP contribution in [-0.4, -0.2) is 48.5 Å². The number of ether oxygens (including phenoxy) is 1. The Morgan fingerprint density at radius 3 is 3.12 bits per heavy atom. The SMILES string of the molecule is OC[C@H]1OC(n2cnc3cncnc32)C[C@@H]1O. The summed E-state index contributed by atoms with van der Waals surface area (Å²) in [6.45, 7) is -0.195. The van der Waals surface area contributed by atoms with Crippen molar-refractivity contribution in [1.82, 2.24) is 19.5 Å². The number of hydrogen-bond donors (Lipinski definition) is 2. The molecule has 0 amide bonds. The van der Waals surface area contributed by atoms with Crippen LogP contribution in [0.3, 0.4) is 0 Å². The number of imidazole rings is 1. The molecular weight excluding hydrogens is 224 g/mol. The molecule has 1 aliphatic rings. The first kappa shape index (κ1) is 10.6. The van der Waals surface area contributed by atoms with E-state index in [0.717, 1.165) is 0 Å². The van der Waals surface area contributed by atoms with E-state index in [4.69, 9.17) is 9.84 Å². The van der Waals surface area contributed by atoms with Crippen LogP contribution in [0, 0.1) is 0 Å². The van der Waals surface area contributed by atoms with E-state index < -0.39 is 12.2 Å². The highest BCUT2D eigenvalue weighted by atomic mass is 16.5. The van der Waals surface area contributed by atoms with Gasteiger partial charge < -0.3 is 14.9 Å². The summed E-state index contributed by atoms with van der Waals surface area (Å²) in [5, 5.41) is 18.7. The molecule has 1 fully saturated rings. The Bertz CT molecular complexity index is 529. The Balaban J connectivity index is 1.95. The van der Waals surface area contributed by atoms with E-state index >= 15 is 0 Å². The molecule has 2 aromatic rings. The molecule has 0 spiro atoms. The monoisotopic (exact) mass is 236 g/mol. The summed E-state index contributed by atoms with van der Waals surface area (Å²) in [7, 11) is 0. The van der Waals surface area contributed by atoms with Gasteiger partial charge in [-0.2, -0.15) is 0 Å². The molecule has 0 aliphatic carbocycles. The fourth-order valence-corrected chi connectivity index (χ4v) is 2.05. The molecule has 0 radical (unpaired) electrons. The lowest BCUT2D eigenvalue weighted by molar-refractivity contribution is -0.0432. The zero-order chi connectivity index (χ0) is 11.8. The van der Waals surface area contributed by atoms with Gasteiger partial charge in [0.15, 0.2) is 5.65 Å². The summed E-state index contributed by atoms with van der Waals surface area (Å²) in [4.78, 5) is 12.2. The van der Waals surface area contributed by atoms with E-state index in [-0.39, 0.29) is 12.8 Å². The third-order valence-corrected chi connectivity index (χ3v) is 2.93. The maximum atomic E-state index is 9.68. The first-order valence-corrected chi connectivity index (χ1v) is 5.36. The van der Waals surface area contributed by atoms with Crippen LogP contribution in [0.4, 0.5) is 0 Å². The highest BCUT2D eigenvalue weighted by Gasteiger charge is 2.35. The van der Waals surface area contributed by atoms with E-state index in [1.165, 1.54) is 6.33 Å². The number of nitrogens with zero attached hydrogens (tertiary/aromatic N) is 4. The zero-order valence-electron chi connectivity index (χ0n) is 8.97. The van der Waals surface area contributed by atoms with Crippen molar-refractivity contribution in [2.45, 2.75) is 24.9 Å². The van der Waals surface area contributed by atoms with Crippen LogP contribution in [0.2, 0.25) is 0 Å². The van der Waals surface area contributed by atoms with Gasteiger partial charge in [0, 0.05) is 6.42 Å². The second kappa shape index (κ2) is 4.02. The van der Waals surface area contributed by atoms with Gasteiger partial charge in [0.1, 0.15) is 24.2 Å². The van der Waals surface area contributed by atoms with Crippen LogP contribution >= 0.6 is 0 Å². The Labute approximate surface area is 96.7 Å². The maximum Gasteiger partial charge on any atom is 0.165 e. The Morgan fingerprint density at radius 2 is 2.35 bits per heavy atom. The predicted octanol–water partition coefficient (Wildman–Crippen LogP) is -0.533. The number of hydrogen-bond acceptors (Lipinski definition) is 6. The van der Waals surface area contributed by atoms with Gasteiger partial charge in [-0.1, -0.05) is 0 Å². The minimum absolute atomic E-state index is 0.195. The molecule has 0 saturated carbocycles. The van der Waals surface area contributed by atoms with E-state index in [1.54, 1.807) is 17.1 Å². The average molecular weight is 236 g/mol. The second-order valence-electron chi connectivity index (χ2n) is 4.00. The van der Waals surface area contributed by atoms with Crippen molar-refractivity contribution in [1.29, 1.82) is 0 Å². The molecule has 3 rings (SSSR count). The fourth-order valence-electron chi connectivity index (χ4n) is 2.05.